The number of carbonyl (C=O) groups excluding carboxylic acids is 3. The highest BCUT2D eigenvalue weighted by molar-refractivity contribution is 6.16. The van der Waals surface area contributed by atoms with Crippen molar-refractivity contribution in [3.8, 4) is 0 Å². The van der Waals surface area contributed by atoms with Gasteiger partial charge in [0.05, 0.1) is 11.8 Å². The Morgan fingerprint density at radius 3 is 1.86 bits per heavy atom. The van der Waals surface area contributed by atoms with Crippen LogP contribution in [-0.4, -0.2) is 28.4 Å². The molecule has 22 heavy (non-hydrogen) atoms. The summed E-state index contributed by atoms with van der Waals surface area (Å²) in [6.07, 6.45) is 3.14. The predicted molar refractivity (Wildman–Crippen MR) is 79.6 cm³/mol. The molecule has 0 aromatic heterocycles. The average Bonchev–Trinajstić information content (AvgIpc) is 2.97. The molecule has 4 unspecified atom stereocenters. The second-order valence-corrected chi connectivity index (χ2v) is 7.44. The summed E-state index contributed by atoms with van der Waals surface area (Å²) in [4.78, 5) is 38.2. The second-order valence-electron chi connectivity index (χ2n) is 7.44. The van der Waals surface area contributed by atoms with Crippen LogP contribution < -0.4 is 0 Å². The molecule has 3 aliphatic rings. The lowest BCUT2D eigenvalue weighted by Gasteiger charge is -2.23. The minimum absolute atomic E-state index is 0.0520. The van der Waals surface area contributed by atoms with E-state index in [0.29, 0.717) is 0 Å². The van der Waals surface area contributed by atoms with Crippen LogP contribution >= 0.6 is 0 Å². The van der Waals surface area contributed by atoms with E-state index in [-0.39, 0.29) is 11.8 Å². The molecule has 2 aliphatic carbocycles. The minimum atomic E-state index is -0.852. The molecule has 5 heteroatoms. The number of imide groups is 3. The van der Waals surface area contributed by atoms with Gasteiger partial charge in [-0.25, -0.2) is 4.79 Å². The topological polar surface area (TPSA) is 63.7 Å². The number of nitrogens with zero attached hydrogens (tertiary/aromatic N) is 1. The maximum Gasteiger partial charge on any atom is 0.424 e. The molecule has 0 N–H and O–H groups in total. The first kappa shape index (κ1) is 15.0. The molecular formula is C17H21NO4. The molecule has 118 valence electrons. The maximum absolute atomic E-state index is 12.6. The van der Waals surface area contributed by atoms with Gasteiger partial charge in [0.15, 0.2) is 0 Å². The summed E-state index contributed by atoms with van der Waals surface area (Å²) in [6.45, 7) is 9.14. The fourth-order valence-electron chi connectivity index (χ4n) is 3.92. The number of hydrogen-bond donors (Lipinski definition) is 0. The highest BCUT2D eigenvalue weighted by atomic mass is 16.6. The van der Waals surface area contributed by atoms with E-state index in [1.807, 2.05) is 26.0 Å². The van der Waals surface area contributed by atoms with Gasteiger partial charge in [0.1, 0.15) is 5.60 Å². The van der Waals surface area contributed by atoms with Crippen LogP contribution in [0.5, 0.6) is 0 Å². The molecule has 0 spiro atoms. The fourth-order valence-corrected chi connectivity index (χ4v) is 3.92. The third-order valence-corrected chi connectivity index (χ3v) is 4.57. The quantitative estimate of drug-likeness (QED) is 0.510. The molecule has 0 aromatic rings. The molecule has 1 saturated heterocycles. The van der Waals surface area contributed by atoms with Crippen LogP contribution in [0.1, 0.15) is 34.6 Å². The number of allylic oxidation sites excluding steroid dienone is 4. The van der Waals surface area contributed by atoms with Crippen LogP contribution in [0.4, 0.5) is 4.79 Å². The van der Waals surface area contributed by atoms with Gasteiger partial charge in [-0.05, 0) is 34.6 Å². The van der Waals surface area contributed by atoms with Gasteiger partial charge in [-0.15, -0.1) is 0 Å². The van der Waals surface area contributed by atoms with E-state index in [4.69, 9.17) is 4.74 Å². The van der Waals surface area contributed by atoms with E-state index in [9.17, 15) is 14.4 Å². The van der Waals surface area contributed by atoms with E-state index in [0.717, 1.165) is 10.5 Å². The predicted octanol–water partition coefficient (Wildman–Crippen LogP) is 2.67. The van der Waals surface area contributed by atoms with Gasteiger partial charge >= 0.3 is 6.09 Å². The van der Waals surface area contributed by atoms with Gasteiger partial charge in [0.25, 0.3) is 0 Å². The number of ether oxygens (including phenoxy) is 1. The molecule has 1 aliphatic heterocycles. The van der Waals surface area contributed by atoms with Gasteiger partial charge < -0.3 is 4.74 Å². The summed E-state index contributed by atoms with van der Waals surface area (Å²) >= 11 is 0. The van der Waals surface area contributed by atoms with Crippen LogP contribution in [0.3, 0.4) is 0 Å². The second kappa shape index (κ2) is 4.54. The number of rotatable bonds is 0. The van der Waals surface area contributed by atoms with E-state index in [2.05, 4.69) is 0 Å². The Hall–Kier alpha value is -1.91. The molecule has 2 fully saturated rings. The lowest BCUT2D eigenvalue weighted by molar-refractivity contribution is -0.139. The van der Waals surface area contributed by atoms with E-state index < -0.39 is 35.3 Å². The molecule has 5 nitrogen and oxygen atoms in total. The maximum atomic E-state index is 12.6. The third-order valence-electron chi connectivity index (χ3n) is 4.57. The Morgan fingerprint density at radius 2 is 1.50 bits per heavy atom. The van der Waals surface area contributed by atoms with Crippen LogP contribution in [0.25, 0.3) is 0 Å². The molecule has 4 atom stereocenters. The minimum Gasteiger partial charge on any atom is -0.443 e. The van der Waals surface area contributed by atoms with Crippen LogP contribution in [-0.2, 0) is 14.3 Å². The third kappa shape index (κ3) is 1.95. The van der Waals surface area contributed by atoms with Crippen molar-refractivity contribution in [2.45, 2.75) is 40.2 Å². The van der Waals surface area contributed by atoms with Gasteiger partial charge in [0.2, 0.25) is 11.8 Å². The van der Waals surface area contributed by atoms with Crippen molar-refractivity contribution in [1.29, 1.82) is 0 Å². The summed E-state index contributed by atoms with van der Waals surface area (Å²) in [6, 6.07) is 0. The Kier molecular flexibility index (Phi) is 3.10. The van der Waals surface area contributed by atoms with Crippen LogP contribution in [0, 0.1) is 23.7 Å². The Bertz CT molecular complexity index is 600. The number of hydrogen-bond acceptors (Lipinski definition) is 4. The van der Waals surface area contributed by atoms with Crippen molar-refractivity contribution < 1.29 is 19.1 Å². The Balaban J connectivity index is 1.92. The standard InChI is InChI=1S/C17H21NO4/c1-8(2)11-9-6-7-10(11)13-12(9)14(19)18(15(13)20)16(21)22-17(3,4)5/h6-7,9-10,12-13H,1-5H3. The highest BCUT2D eigenvalue weighted by Gasteiger charge is 2.63. The number of carbonyl (C=O) groups is 3. The first-order valence-electron chi connectivity index (χ1n) is 7.60. The molecule has 1 saturated carbocycles. The molecule has 1 heterocycles. The fraction of sp³-hybridized carbons (Fsp3) is 0.588. The summed E-state index contributed by atoms with van der Waals surface area (Å²) < 4.78 is 5.21. The van der Waals surface area contributed by atoms with E-state index >= 15 is 0 Å². The summed E-state index contributed by atoms with van der Waals surface area (Å²) in [5, 5.41) is 0. The van der Waals surface area contributed by atoms with Gasteiger partial charge in [-0.2, -0.15) is 4.90 Å². The van der Waals surface area contributed by atoms with Gasteiger partial charge in [0, 0.05) is 11.8 Å². The smallest absolute Gasteiger partial charge is 0.424 e. The number of likely N-dealkylation sites (tertiary alicyclic amines) is 1. The average molecular weight is 303 g/mol. The summed E-state index contributed by atoms with van der Waals surface area (Å²) in [5.74, 6) is -1.83. The zero-order valence-electron chi connectivity index (χ0n) is 13.5. The summed E-state index contributed by atoms with van der Waals surface area (Å²) in [5.41, 5.74) is 1.58. The van der Waals surface area contributed by atoms with Crippen molar-refractivity contribution in [2.75, 3.05) is 0 Å². The van der Waals surface area contributed by atoms with Gasteiger partial charge in [-0.1, -0.05) is 23.3 Å². The molecule has 0 aromatic carbocycles. The Morgan fingerprint density at radius 1 is 1.05 bits per heavy atom. The van der Waals surface area contributed by atoms with Crippen molar-refractivity contribution in [1.82, 2.24) is 4.90 Å². The highest BCUT2D eigenvalue weighted by Crippen LogP contribution is 2.56. The summed E-state index contributed by atoms with van der Waals surface area (Å²) in [7, 11) is 0. The lowest BCUT2D eigenvalue weighted by atomic mass is 9.85. The van der Waals surface area contributed by atoms with Crippen molar-refractivity contribution in [2.24, 2.45) is 23.7 Å². The molecule has 3 amide bonds. The number of fused-ring (bicyclic) bond motifs is 5. The molecular weight excluding hydrogens is 282 g/mol. The van der Waals surface area contributed by atoms with Crippen LogP contribution in [0.15, 0.2) is 23.3 Å². The zero-order valence-corrected chi connectivity index (χ0v) is 13.5. The van der Waals surface area contributed by atoms with Crippen molar-refractivity contribution >= 4 is 17.9 Å². The van der Waals surface area contributed by atoms with Crippen molar-refractivity contribution in [3.05, 3.63) is 23.3 Å². The number of amides is 3. The van der Waals surface area contributed by atoms with Gasteiger partial charge in [-0.3, -0.25) is 9.59 Å². The lowest BCUT2D eigenvalue weighted by Crippen LogP contribution is -2.42. The monoisotopic (exact) mass is 303 g/mol. The Labute approximate surface area is 130 Å². The van der Waals surface area contributed by atoms with Crippen LogP contribution in [0.2, 0.25) is 0 Å². The van der Waals surface area contributed by atoms with Crippen molar-refractivity contribution in [3.63, 3.8) is 0 Å². The molecule has 3 rings (SSSR count). The van der Waals surface area contributed by atoms with E-state index in [1.165, 1.54) is 5.57 Å². The molecule has 2 bridgehead atoms. The normalized spacial score (nSPS) is 32.8. The first-order chi connectivity index (χ1) is 10.1. The SMILES string of the molecule is CC(C)=C1C2C=CC1C1C(=O)N(C(=O)OC(C)(C)C)C(=O)C21. The largest absolute Gasteiger partial charge is 0.443 e. The van der Waals surface area contributed by atoms with E-state index in [1.54, 1.807) is 20.8 Å². The zero-order chi connectivity index (χ0) is 16.4. The molecule has 0 radical (unpaired) electrons. The first-order valence-corrected chi connectivity index (χ1v) is 7.60.